The Morgan fingerprint density at radius 2 is 2.10 bits per heavy atom. The van der Waals surface area contributed by atoms with Crippen LogP contribution in [0, 0.1) is 5.92 Å². The van der Waals surface area contributed by atoms with Gasteiger partial charge in [-0.2, -0.15) is 0 Å². The van der Waals surface area contributed by atoms with Crippen molar-refractivity contribution < 1.29 is 14.9 Å². The molecule has 0 heterocycles. The molecule has 1 saturated carbocycles. The minimum absolute atomic E-state index is 0.224. The molecule has 1 aromatic carbocycles. The standard InChI is InChI=1S/C17H26O3/c1-2-6-16(18)13-8-5-9-15(11-13)20-12-14-7-3-4-10-17(14)19/h5,8-9,11,14,16-19H,2-4,6-7,10,12H2,1H3/t14-,16+,17-/m0/s1. The lowest BCUT2D eigenvalue weighted by Crippen LogP contribution is -2.29. The maximum atomic E-state index is 10.0. The zero-order chi connectivity index (χ0) is 14.4. The van der Waals surface area contributed by atoms with Crippen molar-refractivity contribution in [1.82, 2.24) is 0 Å². The third-order valence-electron chi connectivity index (χ3n) is 4.14. The summed E-state index contributed by atoms with van der Waals surface area (Å²) in [5.41, 5.74) is 0.911. The molecule has 0 spiro atoms. The van der Waals surface area contributed by atoms with Gasteiger partial charge in [0.1, 0.15) is 5.75 Å². The van der Waals surface area contributed by atoms with Crippen LogP contribution >= 0.6 is 0 Å². The Morgan fingerprint density at radius 1 is 1.30 bits per heavy atom. The highest BCUT2D eigenvalue weighted by Crippen LogP contribution is 2.27. The Kier molecular flexibility index (Phi) is 5.86. The van der Waals surface area contributed by atoms with Gasteiger partial charge in [0.2, 0.25) is 0 Å². The fraction of sp³-hybridized carbons (Fsp3) is 0.647. The SMILES string of the molecule is CCC[C@@H](O)c1cccc(OC[C@@H]2CCCC[C@@H]2O)c1. The van der Waals surface area contributed by atoms with E-state index >= 15 is 0 Å². The van der Waals surface area contributed by atoms with Crippen molar-refractivity contribution in [2.75, 3.05) is 6.61 Å². The van der Waals surface area contributed by atoms with Gasteiger partial charge < -0.3 is 14.9 Å². The number of rotatable bonds is 6. The molecule has 0 aromatic heterocycles. The van der Waals surface area contributed by atoms with Gasteiger partial charge in [0.05, 0.1) is 18.8 Å². The van der Waals surface area contributed by atoms with Crippen LogP contribution in [0.15, 0.2) is 24.3 Å². The van der Waals surface area contributed by atoms with E-state index in [0.717, 1.165) is 43.4 Å². The largest absolute Gasteiger partial charge is 0.493 e. The Bertz CT molecular complexity index is 405. The van der Waals surface area contributed by atoms with Crippen LogP contribution in [0.25, 0.3) is 0 Å². The van der Waals surface area contributed by atoms with Gasteiger partial charge in [-0.3, -0.25) is 0 Å². The van der Waals surface area contributed by atoms with Crippen molar-refractivity contribution in [3.05, 3.63) is 29.8 Å². The average Bonchev–Trinajstić information content (AvgIpc) is 2.47. The summed E-state index contributed by atoms with van der Waals surface area (Å²) in [6.07, 6.45) is 5.33. The topological polar surface area (TPSA) is 49.7 Å². The zero-order valence-corrected chi connectivity index (χ0v) is 12.3. The highest BCUT2D eigenvalue weighted by molar-refractivity contribution is 5.29. The minimum Gasteiger partial charge on any atom is -0.493 e. The van der Waals surface area contributed by atoms with Crippen molar-refractivity contribution in [3.63, 3.8) is 0 Å². The molecule has 3 heteroatoms. The predicted molar refractivity (Wildman–Crippen MR) is 79.8 cm³/mol. The molecule has 0 bridgehead atoms. The summed E-state index contributed by atoms with van der Waals surface area (Å²) in [7, 11) is 0. The predicted octanol–water partition coefficient (Wildman–Crippen LogP) is 3.45. The number of hydrogen-bond acceptors (Lipinski definition) is 3. The summed E-state index contributed by atoms with van der Waals surface area (Å²) >= 11 is 0. The van der Waals surface area contributed by atoms with Crippen molar-refractivity contribution in [3.8, 4) is 5.75 Å². The summed E-state index contributed by atoms with van der Waals surface area (Å²) in [5, 5.41) is 19.9. The summed E-state index contributed by atoms with van der Waals surface area (Å²) in [6, 6.07) is 7.68. The van der Waals surface area contributed by atoms with E-state index in [1.54, 1.807) is 0 Å². The number of benzene rings is 1. The first kappa shape index (κ1) is 15.3. The Balaban J connectivity index is 1.90. The minimum atomic E-state index is -0.413. The van der Waals surface area contributed by atoms with E-state index in [2.05, 4.69) is 6.92 Å². The Hall–Kier alpha value is -1.06. The maximum absolute atomic E-state index is 10.0. The molecule has 0 amide bonds. The fourth-order valence-electron chi connectivity index (χ4n) is 2.84. The highest BCUT2D eigenvalue weighted by atomic mass is 16.5. The van der Waals surface area contributed by atoms with Crippen LogP contribution in [0.4, 0.5) is 0 Å². The van der Waals surface area contributed by atoms with Gasteiger partial charge in [-0.05, 0) is 37.0 Å². The van der Waals surface area contributed by atoms with Gasteiger partial charge in [0.25, 0.3) is 0 Å². The van der Waals surface area contributed by atoms with Crippen molar-refractivity contribution >= 4 is 0 Å². The summed E-state index contributed by atoms with van der Waals surface area (Å²) < 4.78 is 5.81. The number of hydrogen-bond donors (Lipinski definition) is 2. The van der Waals surface area contributed by atoms with Gasteiger partial charge in [-0.25, -0.2) is 0 Å². The molecule has 2 rings (SSSR count). The molecular weight excluding hydrogens is 252 g/mol. The first-order chi connectivity index (χ1) is 9.70. The first-order valence-electron chi connectivity index (χ1n) is 7.79. The van der Waals surface area contributed by atoms with E-state index in [9.17, 15) is 10.2 Å². The molecular formula is C17H26O3. The number of aliphatic hydroxyl groups excluding tert-OH is 2. The summed E-state index contributed by atoms with van der Waals surface area (Å²) in [5.74, 6) is 1.03. The second kappa shape index (κ2) is 7.65. The van der Waals surface area contributed by atoms with Crippen LogP contribution in [0.3, 0.4) is 0 Å². The van der Waals surface area contributed by atoms with Crippen LogP contribution in [-0.2, 0) is 0 Å². The van der Waals surface area contributed by atoms with E-state index in [1.165, 1.54) is 6.42 Å². The van der Waals surface area contributed by atoms with Crippen LogP contribution in [0.2, 0.25) is 0 Å². The number of aliphatic hydroxyl groups is 2. The Labute approximate surface area is 121 Å². The van der Waals surface area contributed by atoms with Crippen molar-refractivity contribution in [2.45, 2.75) is 57.7 Å². The molecule has 20 heavy (non-hydrogen) atoms. The quantitative estimate of drug-likeness (QED) is 0.838. The normalized spacial score (nSPS) is 24.4. The molecule has 3 nitrogen and oxygen atoms in total. The molecule has 2 N–H and O–H groups in total. The van der Waals surface area contributed by atoms with Gasteiger partial charge in [0, 0.05) is 5.92 Å². The van der Waals surface area contributed by atoms with E-state index in [4.69, 9.17) is 4.74 Å². The maximum Gasteiger partial charge on any atom is 0.119 e. The molecule has 0 saturated heterocycles. The summed E-state index contributed by atoms with van der Waals surface area (Å²) in [6.45, 7) is 2.63. The molecule has 0 unspecified atom stereocenters. The van der Waals surface area contributed by atoms with Gasteiger partial charge in [0.15, 0.2) is 0 Å². The van der Waals surface area contributed by atoms with Gasteiger partial charge in [-0.15, -0.1) is 0 Å². The molecule has 0 aliphatic heterocycles. The fourth-order valence-corrected chi connectivity index (χ4v) is 2.84. The van der Waals surface area contributed by atoms with Gasteiger partial charge >= 0.3 is 0 Å². The van der Waals surface area contributed by atoms with Crippen molar-refractivity contribution in [2.24, 2.45) is 5.92 Å². The van der Waals surface area contributed by atoms with E-state index < -0.39 is 6.10 Å². The number of ether oxygens (including phenoxy) is 1. The van der Waals surface area contributed by atoms with Crippen LogP contribution in [0.5, 0.6) is 5.75 Å². The van der Waals surface area contributed by atoms with Crippen LogP contribution in [-0.4, -0.2) is 22.9 Å². The van der Waals surface area contributed by atoms with E-state index in [-0.39, 0.29) is 12.0 Å². The Morgan fingerprint density at radius 3 is 2.85 bits per heavy atom. The lowest BCUT2D eigenvalue weighted by molar-refractivity contribution is 0.0421. The molecule has 1 aromatic rings. The lowest BCUT2D eigenvalue weighted by atomic mass is 9.87. The smallest absolute Gasteiger partial charge is 0.119 e. The molecule has 1 aliphatic rings. The monoisotopic (exact) mass is 278 g/mol. The van der Waals surface area contributed by atoms with E-state index in [0.29, 0.717) is 6.61 Å². The highest BCUT2D eigenvalue weighted by Gasteiger charge is 2.23. The summed E-state index contributed by atoms with van der Waals surface area (Å²) in [4.78, 5) is 0. The van der Waals surface area contributed by atoms with E-state index in [1.807, 2.05) is 24.3 Å². The molecule has 3 atom stereocenters. The second-order valence-electron chi connectivity index (χ2n) is 5.80. The lowest BCUT2D eigenvalue weighted by Gasteiger charge is -2.27. The third kappa shape index (κ3) is 4.22. The third-order valence-corrected chi connectivity index (χ3v) is 4.14. The first-order valence-corrected chi connectivity index (χ1v) is 7.79. The van der Waals surface area contributed by atoms with Crippen LogP contribution in [0.1, 0.15) is 57.1 Å². The molecule has 1 fully saturated rings. The van der Waals surface area contributed by atoms with Crippen molar-refractivity contribution in [1.29, 1.82) is 0 Å². The molecule has 0 radical (unpaired) electrons. The van der Waals surface area contributed by atoms with Gasteiger partial charge in [-0.1, -0.05) is 38.3 Å². The van der Waals surface area contributed by atoms with Crippen LogP contribution < -0.4 is 4.74 Å². The second-order valence-corrected chi connectivity index (χ2v) is 5.80. The zero-order valence-electron chi connectivity index (χ0n) is 12.3. The average molecular weight is 278 g/mol. The molecule has 1 aliphatic carbocycles. The molecule has 112 valence electrons.